The molecule has 0 saturated heterocycles. The van der Waals surface area contributed by atoms with Crippen LogP contribution in [0, 0.1) is 5.82 Å². The summed E-state index contributed by atoms with van der Waals surface area (Å²) < 4.78 is 39.6. The van der Waals surface area contributed by atoms with Gasteiger partial charge in [0, 0.05) is 17.1 Å². The second kappa shape index (κ2) is 6.60. The zero-order chi connectivity index (χ0) is 13.8. The zero-order valence-corrected chi connectivity index (χ0v) is 12.3. The van der Waals surface area contributed by atoms with Crippen molar-refractivity contribution in [3.05, 3.63) is 28.5 Å². The first-order valence-corrected chi connectivity index (χ1v) is 7.72. The molecule has 0 spiro atoms. The molecule has 0 heterocycles. The molecule has 0 bridgehead atoms. The number of aliphatic hydroxyl groups excluding tert-OH is 1. The van der Waals surface area contributed by atoms with Crippen LogP contribution < -0.4 is 4.72 Å². The van der Waals surface area contributed by atoms with Crippen molar-refractivity contribution in [1.82, 2.24) is 4.72 Å². The lowest BCUT2D eigenvalue weighted by atomic mass is 10.2. The monoisotopic (exact) mass is 339 g/mol. The van der Waals surface area contributed by atoms with E-state index >= 15 is 0 Å². The standard InChI is InChI=1S/C11H15BrFNO3S/c1-8(3-2-6-15)14-18(16,17)11-5-4-9(13)7-10(11)12/h4-5,7-8,14-15H,2-3,6H2,1H3. The summed E-state index contributed by atoms with van der Waals surface area (Å²) in [6.07, 6.45) is 1.06. The maximum absolute atomic E-state index is 12.9. The van der Waals surface area contributed by atoms with E-state index in [2.05, 4.69) is 20.7 Å². The van der Waals surface area contributed by atoms with Crippen LogP contribution in [-0.2, 0) is 10.0 Å². The Morgan fingerprint density at radius 1 is 1.50 bits per heavy atom. The van der Waals surface area contributed by atoms with E-state index in [0.29, 0.717) is 12.8 Å². The van der Waals surface area contributed by atoms with Crippen molar-refractivity contribution < 1.29 is 17.9 Å². The van der Waals surface area contributed by atoms with E-state index in [-0.39, 0.29) is 22.0 Å². The van der Waals surface area contributed by atoms with Gasteiger partial charge in [-0.05, 0) is 53.9 Å². The van der Waals surface area contributed by atoms with Gasteiger partial charge in [-0.15, -0.1) is 0 Å². The molecule has 1 rings (SSSR count). The number of aliphatic hydroxyl groups is 1. The Balaban J connectivity index is 2.86. The number of nitrogens with one attached hydrogen (secondary N) is 1. The van der Waals surface area contributed by atoms with E-state index in [0.717, 1.165) is 12.1 Å². The third-order valence-corrected chi connectivity index (χ3v) is 4.90. The van der Waals surface area contributed by atoms with Crippen LogP contribution in [0.1, 0.15) is 19.8 Å². The lowest BCUT2D eigenvalue weighted by Gasteiger charge is -2.14. The Morgan fingerprint density at radius 2 is 2.17 bits per heavy atom. The summed E-state index contributed by atoms with van der Waals surface area (Å²) in [4.78, 5) is -0.000233. The van der Waals surface area contributed by atoms with Gasteiger partial charge >= 0.3 is 0 Å². The number of sulfonamides is 1. The predicted molar refractivity (Wildman–Crippen MR) is 70.2 cm³/mol. The molecule has 0 amide bonds. The molecule has 102 valence electrons. The molecule has 4 nitrogen and oxygen atoms in total. The van der Waals surface area contributed by atoms with E-state index in [9.17, 15) is 12.8 Å². The average molecular weight is 340 g/mol. The van der Waals surface area contributed by atoms with Crippen molar-refractivity contribution in [2.45, 2.75) is 30.7 Å². The molecule has 0 aliphatic rings. The fourth-order valence-corrected chi connectivity index (χ4v) is 3.81. The van der Waals surface area contributed by atoms with Crippen LogP contribution in [0.5, 0.6) is 0 Å². The highest BCUT2D eigenvalue weighted by molar-refractivity contribution is 9.10. The first-order chi connectivity index (χ1) is 8.36. The summed E-state index contributed by atoms with van der Waals surface area (Å²) in [6, 6.07) is 3.12. The van der Waals surface area contributed by atoms with Gasteiger partial charge in [0.2, 0.25) is 10.0 Å². The SMILES string of the molecule is CC(CCCO)NS(=O)(=O)c1ccc(F)cc1Br. The fraction of sp³-hybridized carbons (Fsp3) is 0.455. The average Bonchev–Trinajstić information content (AvgIpc) is 2.25. The second-order valence-electron chi connectivity index (χ2n) is 3.96. The van der Waals surface area contributed by atoms with E-state index in [1.165, 1.54) is 6.07 Å². The molecule has 1 atom stereocenters. The third-order valence-electron chi connectivity index (χ3n) is 2.34. The molecule has 1 aromatic carbocycles. The predicted octanol–water partition coefficient (Wildman–Crippen LogP) is 2.03. The Hall–Kier alpha value is -0.500. The Bertz CT molecular complexity index is 507. The molecule has 0 aliphatic heterocycles. The van der Waals surface area contributed by atoms with Crippen molar-refractivity contribution in [2.24, 2.45) is 0 Å². The van der Waals surface area contributed by atoms with Gasteiger partial charge in [-0.2, -0.15) is 0 Å². The topological polar surface area (TPSA) is 66.4 Å². The first kappa shape index (κ1) is 15.6. The summed E-state index contributed by atoms with van der Waals surface area (Å²) in [6.45, 7) is 1.73. The van der Waals surface area contributed by atoms with Gasteiger partial charge in [0.15, 0.2) is 0 Å². The van der Waals surface area contributed by atoms with Crippen molar-refractivity contribution >= 4 is 26.0 Å². The quantitative estimate of drug-likeness (QED) is 0.833. The fourth-order valence-electron chi connectivity index (χ4n) is 1.48. The van der Waals surface area contributed by atoms with Gasteiger partial charge < -0.3 is 5.11 Å². The van der Waals surface area contributed by atoms with E-state index in [4.69, 9.17) is 5.11 Å². The maximum atomic E-state index is 12.9. The third kappa shape index (κ3) is 4.31. The van der Waals surface area contributed by atoms with E-state index < -0.39 is 15.8 Å². The van der Waals surface area contributed by atoms with Crippen molar-refractivity contribution in [3.8, 4) is 0 Å². The highest BCUT2D eigenvalue weighted by Gasteiger charge is 2.20. The van der Waals surface area contributed by atoms with Crippen molar-refractivity contribution in [3.63, 3.8) is 0 Å². The van der Waals surface area contributed by atoms with Gasteiger partial charge in [0.1, 0.15) is 5.82 Å². The largest absolute Gasteiger partial charge is 0.396 e. The van der Waals surface area contributed by atoms with Crippen LogP contribution in [0.15, 0.2) is 27.6 Å². The van der Waals surface area contributed by atoms with Crippen LogP contribution in [0.3, 0.4) is 0 Å². The van der Waals surface area contributed by atoms with Crippen molar-refractivity contribution in [2.75, 3.05) is 6.61 Å². The van der Waals surface area contributed by atoms with E-state index in [1.807, 2.05) is 0 Å². The molecule has 1 aromatic rings. The number of hydrogen-bond donors (Lipinski definition) is 2. The lowest BCUT2D eigenvalue weighted by molar-refractivity contribution is 0.279. The Morgan fingerprint density at radius 3 is 2.72 bits per heavy atom. The summed E-state index contributed by atoms with van der Waals surface area (Å²) in [7, 11) is -3.68. The maximum Gasteiger partial charge on any atom is 0.241 e. The zero-order valence-electron chi connectivity index (χ0n) is 9.86. The molecular formula is C11H15BrFNO3S. The molecule has 0 saturated carbocycles. The number of hydrogen-bond acceptors (Lipinski definition) is 3. The normalized spacial score (nSPS) is 13.6. The van der Waals surface area contributed by atoms with E-state index in [1.54, 1.807) is 6.92 Å². The van der Waals surface area contributed by atoms with Gasteiger partial charge in [-0.3, -0.25) is 0 Å². The summed E-state index contributed by atoms with van der Waals surface area (Å²) in [5.74, 6) is -0.505. The van der Waals surface area contributed by atoms with Crippen LogP contribution >= 0.6 is 15.9 Å². The number of halogens is 2. The highest BCUT2D eigenvalue weighted by atomic mass is 79.9. The van der Waals surface area contributed by atoms with Crippen LogP contribution in [0.25, 0.3) is 0 Å². The molecule has 0 fully saturated rings. The molecular weight excluding hydrogens is 325 g/mol. The number of rotatable bonds is 6. The molecule has 0 radical (unpaired) electrons. The molecule has 7 heteroatoms. The molecule has 18 heavy (non-hydrogen) atoms. The van der Waals surface area contributed by atoms with Crippen LogP contribution in [0.2, 0.25) is 0 Å². The van der Waals surface area contributed by atoms with Crippen LogP contribution in [0.4, 0.5) is 4.39 Å². The van der Waals surface area contributed by atoms with Gasteiger partial charge in [-0.25, -0.2) is 17.5 Å². The minimum atomic E-state index is -3.68. The minimum Gasteiger partial charge on any atom is -0.396 e. The Labute approximate surface area is 114 Å². The molecule has 1 unspecified atom stereocenters. The minimum absolute atomic E-state index is 0.000233. The smallest absolute Gasteiger partial charge is 0.241 e. The molecule has 0 aromatic heterocycles. The number of benzene rings is 1. The molecule has 0 aliphatic carbocycles. The summed E-state index contributed by atoms with van der Waals surface area (Å²) in [5.41, 5.74) is 0. The lowest BCUT2D eigenvalue weighted by Crippen LogP contribution is -2.32. The summed E-state index contributed by atoms with van der Waals surface area (Å²) in [5, 5.41) is 8.68. The Kier molecular flexibility index (Phi) is 5.71. The molecule has 2 N–H and O–H groups in total. The summed E-state index contributed by atoms with van der Waals surface area (Å²) >= 11 is 3.03. The second-order valence-corrected chi connectivity index (χ2v) is 6.50. The first-order valence-electron chi connectivity index (χ1n) is 5.45. The van der Waals surface area contributed by atoms with Gasteiger partial charge in [0.25, 0.3) is 0 Å². The van der Waals surface area contributed by atoms with Gasteiger partial charge in [0.05, 0.1) is 4.90 Å². The van der Waals surface area contributed by atoms with Crippen molar-refractivity contribution in [1.29, 1.82) is 0 Å². The highest BCUT2D eigenvalue weighted by Crippen LogP contribution is 2.23. The van der Waals surface area contributed by atoms with Crippen LogP contribution in [-0.4, -0.2) is 26.2 Å². The van der Waals surface area contributed by atoms with Gasteiger partial charge in [-0.1, -0.05) is 0 Å².